The van der Waals surface area contributed by atoms with Crippen LogP contribution >= 0.6 is 11.3 Å². The number of nitrogens with zero attached hydrogens (tertiary/aromatic N) is 1. The Morgan fingerprint density at radius 1 is 1.02 bits per heavy atom. The zero-order valence-corrected chi connectivity index (χ0v) is 27.4. The molecule has 2 amide bonds. The maximum absolute atomic E-state index is 13.6. The molecule has 0 aliphatic heterocycles. The lowest BCUT2D eigenvalue weighted by Crippen LogP contribution is -2.39. The number of rotatable bonds is 11. The first-order chi connectivity index (χ1) is 22.2. The summed E-state index contributed by atoms with van der Waals surface area (Å²) in [4.78, 5) is 43.5. The number of hydrogen-bond donors (Lipinski definition) is 3. The van der Waals surface area contributed by atoms with Gasteiger partial charge in [-0.25, -0.2) is 4.98 Å². The van der Waals surface area contributed by atoms with Crippen LogP contribution in [0.1, 0.15) is 42.4 Å². The predicted octanol–water partition coefficient (Wildman–Crippen LogP) is 5.15. The highest BCUT2D eigenvalue weighted by Gasteiger charge is 2.29. The van der Waals surface area contributed by atoms with Crippen LogP contribution < -0.4 is 35.6 Å². The maximum Gasteiger partial charge on any atom is 0.242 e. The van der Waals surface area contributed by atoms with Crippen LogP contribution in [0.5, 0.6) is 17.2 Å². The number of carbonyl (C=O) groups excluding carboxylic acids is 2. The molecule has 1 heterocycles. The van der Waals surface area contributed by atoms with E-state index in [1.807, 2.05) is 47.8 Å². The maximum atomic E-state index is 13.6. The number of anilines is 1. The van der Waals surface area contributed by atoms with Gasteiger partial charge in [0, 0.05) is 36.4 Å². The fraction of sp³-hybridized carbons (Fsp3) is 0.314. The summed E-state index contributed by atoms with van der Waals surface area (Å²) in [6, 6.07) is 15.8. The van der Waals surface area contributed by atoms with Gasteiger partial charge in [0.05, 0.1) is 43.8 Å². The van der Waals surface area contributed by atoms with Gasteiger partial charge in [0.15, 0.2) is 11.5 Å². The molecule has 0 saturated heterocycles. The highest BCUT2D eigenvalue weighted by atomic mass is 32.1. The molecule has 1 aromatic heterocycles. The third-order valence-electron chi connectivity index (χ3n) is 7.94. The van der Waals surface area contributed by atoms with E-state index < -0.39 is 12.1 Å². The minimum atomic E-state index is -0.691. The van der Waals surface area contributed by atoms with Crippen molar-refractivity contribution < 1.29 is 23.8 Å². The summed E-state index contributed by atoms with van der Waals surface area (Å²) < 4.78 is 17.1. The molecule has 46 heavy (non-hydrogen) atoms. The Hall–Kier alpha value is -4.90. The summed E-state index contributed by atoms with van der Waals surface area (Å²) in [5.41, 5.74) is 4.96. The summed E-state index contributed by atoms with van der Waals surface area (Å²) in [5, 5.41) is 12.0. The average Bonchev–Trinajstić information content (AvgIpc) is 3.41. The lowest BCUT2D eigenvalue weighted by atomic mass is 9.95. The summed E-state index contributed by atoms with van der Waals surface area (Å²) in [6.07, 6.45) is 1.74. The Bertz CT molecular complexity index is 1790. The summed E-state index contributed by atoms with van der Waals surface area (Å²) in [5.74, 6) is 0.974. The standard InChI is InChI=1S/C35H38N4O6S/c1-20(35(42)36-16-15-31-39-28(19-46-31)22-9-7-6-8-10-22)37-27-14-12-24-25(18-29(27)41)26(38-21(2)40)13-11-23-17-30(43-3)33(44-4)34(45-5)32(23)24/h6-10,12,14,17-20,26H,11,13,15-16H2,1-5H3,(H,36,42)(H,37,41)(H,38,40)/t20-,26-/m0/s1. The fourth-order valence-corrected chi connectivity index (χ4v) is 6.55. The number of thiazole rings is 1. The molecule has 0 fully saturated rings. The van der Waals surface area contributed by atoms with Gasteiger partial charge < -0.3 is 30.2 Å². The smallest absolute Gasteiger partial charge is 0.242 e. The molecule has 0 bridgehead atoms. The second kappa shape index (κ2) is 14.5. The van der Waals surface area contributed by atoms with Crippen LogP contribution in [-0.2, 0) is 22.4 Å². The van der Waals surface area contributed by atoms with Crippen LogP contribution in [0.25, 0.3) is 22.4 Å². The Kier molecular flexibility index (Phi) is 10.2. The van der Waals surface area contributed by atoms with Crippen molar-refractivity contribution in [3.05, 3.63) is 86.3 Å². The number of amides is 2. The molecule has 0 spiro atoms. The van der Waals surface area contributed by atoms with Crippen LogP contribution in [0.2, 0.25) is 0 Å². The second-order valence-electron chi connectivity index (χ2n) is 11.0. The SMILES string of the molecule is COc1cc2c(c(OC)c1OC)-c1ccc(N[C@@H](C)C(=O)NCCc3nc(-c4ccccc4)cs3)c(=O)cc1[C@@H](NC(C)=O)CC2. The molecule has 0 unspecified atom stereocenters. The molecule has 4 aromatic rings. The Morgan fingerprint density at radius 2 is 1.78 bits per heavy atom. The van der Waals surface area contributed by atoms with E-state index in [-0.39, 0.29) is 22.9 Å². The molecule has 10 nitrogen and oxygen atoms in total. The summed E-state index contributed by atoms with van der Waals surface area (Å²) in [6.45, 7) is 3.57. The molecule has 0 radical (unpaired) electrons. The number of aryl methyl sites for hydroxylation is 1. The van der Waals surface area contributed by atoms with Crippen LogP contribution in [0.4, 0.5) is 5.69 Å². The van der Waals surface area contributed by atoms with Crippen molar-refractivity contribution in [3.63, 3.8) is 0 Å². The van der Waals surface area contributed by atoms with Gasteiger partial charge in [0.1, 0.15) is 6.04 Å². The van der Waals surface area contributed by atoms with Gasteiger partial charge in [0.2, 0.25) is 23.0 Å². The van der Waals surface area contributed by atoms with Crippen molar-refractivity contribution in [1.82, 2.24) is 15.6 Å². The predicted molar refractivity (Wildman–Crippen MR) is 180 cm³/mol. The van der Waals surface area contributed by atoms with Gasteiger partial charge in [-0.1, -0.05) is 36.4 Å². The molecular formula is C35H38N4O6S. The van der Waals surface area contributed by atoms with E-state index in [0.29, 0.717) is 54.2 Å². The average molecular weight is 643 g/mol. The topological polar surface area (TPSA) is 128 Å². The molecule has 1 aliphatic rings. The number of fused-ring (bicyclic) bond motifs is 3. The van der Waals surface area contributed by atoms with E-state index in [1.54, 1.807) is 45.7 Å². The van der Waals surface area contributed by atoms with Gasteiger partial charge in [-0.05, 0) is 54.7 Å². The second-order valence-corrected chi connectivity index (χ2v) is 11.9. The molecule has 1 aliphatic carbocycles. The molecule has 3 N–H and O–H groups in total. The van der Waals surface area contributed by atoms with Crippen molar-refractivity contribution in [1.29, 1.82) is 0 Å². The van der Waals surface area contributed by atoms with Crippen molar-refractivity contribution in [2.24, 2.45) is 0 Å². The van der Waals surface area contributed by atoms with Crippen molar-refractivity contribution in [2.75, 3.05) is 33.2 Å². The number of ether oxygens (including phenoxy) is 3. The lowest BCUT2D eigenvalue weighted by molar-refractivity contribution is -0.121. The van der Waals surface area contributed by atoms with E-state index in [0.717, 1.165) is 27.4 Å². The van der Waals surface area contributed by atoms with Crippen molar-refractivity contribution in [3.8, 4) is 39.6 Å². The monoisotopic (exact) mass is 642 g/mol. The van der Waals surface area contributed by atoms with E-state index in [4.69, 9.17) is 14.2 Å². The first-order valence-corrected chi connectivity index (χ1v) is 15.9. The number of carbonyl (C=O) groups is 2. The quantitative estimate of drug-likeness (QED) is 0.205. The van der Waals surface area contributed by atoms with Crippen LogP contribution in [0, 0.1) is 0 Å². The molecule has 3 aromatic carbocycles. The number of hydrogen-bond acceptors (Lipinski definition) is 9. The van der Waals surface area contributed by atoms with Gasteiger partial charge in [-0.15, -0.1) is 11.3 Å². The zero-order valence-electron chi connectivity index (χ0n) is 26.6. The minimum absolute atomic E-state index is 0.208. The number of benzene rings is 2. The lowest BCUT2D eigenvalue weighted by Gasteiger charge is -2.19. The van der Waals surface area contributed by atoms with E-state index >= 15 is 0 Å². The Morgan fingerprint density at radius 3 is 2.48 bits per heavy atom. The van der Waals surface area contributed by atoms with Crippen molar-refractivity contribution in [2.45, 2.75) is 45.2 Å². The molecule has 240 valence electrons. The molecule has 5 rings (SSSR count). The van der Waals surface area contributed by atoms with Crippen LogP contribution in [0.3, 0.4) is 0 Å². The van der Waals surface area contributed by atoms with Gasteiger partial charge in [-0.3, -0.25) is 14.4 Å². The molecule has 0 saturated carbocycles. The third-order valence-corrected chi connectivity index (χ3v) is 8.85. The minimum Gasteiger partial charge on any atom is -0.493 e. The normalized spacial score (nSPS) is 14.2. The largest absolute Gasteiger partial charge is 0.493 e. The van der Waals surface area contributed by atoms with Gasteiger partial charge >= 0.3 is 0 Å². The Balaban J connectivity index is 1.38. The van der Waals surface area contributed by atoms with Gasteiger partial charge in [0.25, 0.3) is 0 Å². The first-order valence-electron chi connectivity index (χ1n) is 15.1. The summed E-state index contributed by atoms with van der Waals surface area (Å²) >= 11 is 1.56. The van der Waals surface area contributed by atoms with E-state index in [2.05, 4.69) is 20.9 Å². The first kappa shape index (κ1) is 32.5. The highest BCUT2D eigenvalue weighted by Crippen LogP contribution is 2.50. The number of aromatic nitrogens is 1. The van der Waals surface area contributed by atoms with E-state index in [9.17, 15) is 14.4 Å². The zero-order chi connectivity index (χ0) is 32.8. The summed E-state index contributed by atoms with van der Waals surface area (Å²) in [7, 11) is 4.66. The highest BCUT2D eigenvalue weighted by molar-refractivity contribution is 7.09. The molecular weight excluding hydrogens is 604 g/mol. The number of nitrogens with one attached hydrogen (secondary N) is 3. The third kappa shape index (κ3) is 6.99. The Labute approximate surface area is 272 Å². The molecule has 11 heteroatoms. The van der Waals surface area contributed by atoms with E-state index in [1.165, 1.54) is 13.0 Å². The van der Waals surface area contributed by atoms with Gasteiger partial charge in [-0.2, -0.15) is 0 Å². The molecule has 2 atom stereocenters. The van der Waals surface area contributed by atoms with Crippen LogP contribution in [-0.4, -0.2) is 50.7 Å². The number of methoxy groups -OCH3 is 3. The van der Waals surface area contributed by atoms with Crippen molar-refractivity contribution >= 4 is 28.8 Å². The van der Waals surface area contributed by atoms with Crippen LogP contribution in [0.15, 0.2) is 64.8 Å². The fourth-order valence-electron chi connectivity index (χ4n) is 5.74.